The molecule has 7 heteroatoms. The molecule has 0 saturated heterocycles. The number of anilines is 2. The fourth-order valence-electron chi connectivity index (χ4n) is 1.93. The number of aryl methyl sites for hydroxylation is 1. The standard InChI is InChI=1S/C17H24N6O/c1-13-6-5-7-14(10-13)12-19-22-15-11-16(23(3)4)21-17(20-15)24-9-8-18-2/h5-7,10-12,18H,8-9H2,1-4H3,(H,20,21,22)/b19-12+. The second kappa shape index (κ2) is 8.83. The van der Waals surface area contributed by atoms with Gasteiger partial charge in [-0.15, -0.1) is 0 Å². The second-order valence-electron chi connectivity index (χ2n) is 5.52. The molecule has 0 aliphatic heterocycles. The summed E-state index contributed by atoms with van der Waals surface area (Å²) >= 11 is 0. The van der Waals surface area contributed by atoms with Crippen LogP contribution in [0.15, 0.2) is 35.4 Å². The number of benzene rings is 1. The van der Waals surface area contributed by atoms with Gasteiger partial charge in [-0.25, -0.2) is 0 Å². The number of hydrogen-bond donors (Lipinski definition) is 2. The van der Waals surface area contributed by atoms with Crippen LogP contribution < -0.4 is 20.4 Å². The Kier molecular flexibility index (Phi) is 6.51. The van der Waals surface area contributed by atoms with Gasteiger partial charge < -0.3 is 15.0 Å². The highest BCUT2D eigenvalue weighted by atomic mass is 16.5. The molecule has 0 radical (unpaired) electrons. The first-order chi connectivity index (χ1) is 11.6. The van der Waals surface area contributed by atoms with Gasteiger partial charge in [-0.2, -0.15) is 15.1 Å². The highest BCUT2D eigenvalue weighted by molar-refractivity contribution is 5.80. The van der Waals surface area contributed by atoms with Crippen LogP contribution in [-0.2, 0) is 0 Å². The maximum absolute atomic E-state index is 5.55. The molecule has 1 aromatic carbocycles. The van der Waals surface area contributed by atoms with E-state index < -0.39 is 0 Å². The first-order valence-electron chi connectivity index (χ1n) is 7.78. The van der Waals surface area contributed by atoms with Gasteiger partial charge in [-0.3, -0.25) is 5.43 Å². The minimum atomic E-state index is 0.324. The van der Waals surface area contributed by atoms with Crippen LogP contribution in [0.4, 0.5) is 11.6 Å². The maximum atomic E-state index is 5.55. The van der Waals surface area contributed by atoms with Crippen molar-refractivity contribution in [2.24, 2.45) is 5.10 Å². The first kappa shape index (κ1) is 17.7. The zero-order chi connectivity index (χ0) is 17.4. The van der Waals surface area contributed by atoms with Gasteiger partial charge in [0.05, 0.1) is 6.21 Å². The number of hydrazone groups is 1. The molecule has 0 spiro atoms. The maximum Gasteiger partial charge on any atom is 0.320 e. The summed E-state index contributed by atoms with van der Waals surface area (Å²) in [5.74, 6) is 1.33. The fraction of sp³-hybridized carbons (Fsp3) is 0.353. The van der Waals surface area contributed by atoms with Crippen molar-refractivity contribution >= 4 is 17.9 Å². The molecule has 2 aromatic rings. The number of rotatable bonds is 8. The van der Waals surface area contributed by atoms with Crippen LogP contribution in [0.3, 0.4) is 0 Å². The van der Waals surface area contributed by atoms with E-state index in [0.29, 0.717) is 18.4 Å². The van der Waals surface area contributed by atoms with Crippen molar-refractivity contribution in [3.05, 3.63) is 41.5 Å². The summed E-state index contributed by atoms with van der Waals surface area (Å²) in [6, 6.07) is 10.2. The minimum absolute atomic E-state index is 0.324. The third-order valence-electron chi connectivity index (χ3n) is 3.17. The number of aromatic nitrogens is 2. The molecule has 24 heavy (non-hydrogen) atoms. The number of nitrogens with zero attached hydrogens (tertiary/aromatic N) is 4. The molecule has 7 nitrogen and oxygen atoms in total. The van der Waals surface area contributed by atoms with Crippen molar-refractivity contribution in [3.8, 4) is 6.01 Å². The lowest BCUT2D eigenvalue weighted by Crippen LogP contribution is -2.18. The zero-order valence-corrected chi connectivity index (χ0v) is 14.6. The largest absolute Gasteiger partial charge is 0.462 e. The molecule has 0 unspecified atom stereocenters. The van der Waals surface area contributed by atoms with E-state index in [4.69, 9.17) is 4.74 Å². The lowest BCUT2D eigenvalue weighted by molar-refractivity contribution is 0.294. The molecule has 2 N–H and O–H groups in total. The summed E-state index contributed by atoms with van der Waals surface area (Å²) < 4.78 is 5.55. The minimum Gasteiger partial charge on any atom is -0.462 e. The summed E-state index contributed by atoms with van der Waals surface area (Å²) in [4.78, 5) is 10.6. The van der Waals surface area contributed by atoms with Crippen LogP contribution >= 0.6 is 0 Å². The van der Waals surface area contributed by atoms with Crippen LogP contribution in [0.25, 0.3) is 0 Å². The number of hydrogen-bond acceptors (Lipinski definition) is 7. The van der Waals surface area contributed by atoms with Crippen molar-refractivity contribution in [2.45, 2.75) is 6.92 Å². The van der Waals surface area contributed by atoms with Crippen molar-refractivity contribution in [2.75, 3.05) is 44.6 Å². The van der Waals surface area contributed by atoms with Gasteiger partial charge in [-0.05, 0) is 19.5 Å². The Hall–Kier alpha value is -2.67. The SMILES string of the molecule is CNCCOc1nc(N/N=C/c2cccc(C)c2)cc(N(C)C)n1. The molecular formula is C17H24N6O. The van der Waals surface area contributed by atoms with Gasteiger partial charge in [0.15, 0.2) is 5.82 Å². The average Bonchev–Trinajstić information content (AvgIpc) is 2.55. The Bertz CT molecular complexity index is 687. The van der Waals surface area contributed by atoms with E-state index in [9.17, 15) is 0 Å². The molecule has 1 aromatic heterocycles. The lowest BCUT2D eigenvalue weighted by atomic mass is 10.2. The smallest absolute Gasteiger partial charge is 0.320 e. The Balaban J connectivity index is 2.10. The van der Waals surface area contributed by atoms with Crippen LogP contribution in [0, 0.1) is 6.92 Å². The number of likely N-dealkylation sites (N-methyl/N-ethyl adjacent to an activating group) is 1. The molecule has 0 aliphatic carbocycles. The normalized spacial score (nSPS) is 10.8. The van der Waals surface area contributed by atoms with E-state index >= 15 is 0 Å². The Morgan fingerprint density at radius 2 is 2.08 bits per heavy atom. The van der Waals surface area contributed by atoms with E-state index in [1.165, 1.54) is 5.56 Å². The van der Waals surface area contributed by atoms with Gasteiger partial charge in [-0.1, -0.05) is 29.8 Å². The predicted molar refractivity (Wildman–Crippen MR) is 98.2 cm³/mol. The second-order valence-corrected chi connectivity index (χ2v) is 5.52. The van der Waals surface area contributed by atoms with Crippen molar-refractivity contribution in [3.63, 3.8) is 0 Å². The van der Waals surface area contributed by atoms with Crippen LogP contribution in [0.2, 0.25) is 0 Å². The topological polar surface area (TPSA) is 74.7 Å². The number of nitrogens with one attached hydrogen (secondary N) is 2. The monoisotopic (exact) mass is 328 g/mol. The molecule has 0 atom stereocenters. The van der Waals surface area contributed by atoms with E-state index in [0.717, 1.165) is 17.9 Å². The molecular weight excluding hydrogens is 304 g/mol. The molecule has 0 saturated carbocycles. The zero-order valence-electron chi connectivity index (χ0n) is 14.6. The third kappa shape index (κ3) is 5.51. The lowest BCUT2D eigenvalue weighted by Gasteiger charge is -2.14. The highest BCUT2D eigenvalue weighted by Gasteiger charge is 2.07. The quantitative estimate of drug-likeness (QED) is 0.438. The summed E-state index contributed by atoms with van der Waals surface area (Å²) in [6.45, 7) is 3.27. The molecule has 0 aliphatic rings. The predicted octanol–water partition coefficient (Wildman–Crippen LogP) is 1.90. The summed E-state index contributed by atoms with van der Waals surface area (Å²) in [7, 11) is 5.70. The van der Waals surface area contributed by atoms with Gasteiger partial charge in [0, 0.05) is 26.7 Å². The van der Waals surface area contributed by atoms with Gasteiger partial charge >= 0.3 is 6.01 Å². The molecule has 2 rings (SSSR count). The van der Waals surface area contributed by atoms with E-state index in [1.807, 2.05) is 57.2 Å². The van der Waals surface area contributed by atoms with Gasteiger partial charge in [0.1, 0.15) is 12.4 Å². The van der Waals surface area contributed by atoms with Crippen LogP contribution in [0.1, 0.15) is 11.1 Å². The van der Waals surface area contributed by atoms with Crippen molar-refractivity contribution < 1.29 is 4.74 Å². The first-order valence-corrected chi connectivity index (χ1v) is 7.78. The van der Waals surface area contributed by atoms with E-state index in [2.05, 4.69) is 31.9 Å². The Morgan fingerprint density at radius 1 is 1.25 bits per heavy atom. The van der Waals surface area contributed by atoms with Crippen LogP contribution in [-0.4, -0.2) is 50.5 Å². The Morgan fingerprint density at radius 3 is 2.79 bits per heavy atom. The molecule has 0 amide bonds. The summed E-state index contributed by atoms with van der Waals surface area (Å²) in [5.41, 5.74) is 5.15. The highest BCUT2D eigenvalue weighted by Crippen LogP contribution is 2.17. The fourth-order valence-corrected chi connectivity index (χ4v) is 1.93. The molecule has 1 heterocycles. The van der Waals surface area contributed by atoms with E-state index in [-0.39, 0.29) is 0 Å². The van der Waals surface area contributed by atoms with E-state index in [1.54, 1.807) is 6.21 Å². The molecule has 128 valence electrons. The summed E-state index contributed by atoms with van der Waals surface area (Å²) in [5, 5.41) is 7.26. The van der Waals surface area contributed by atoms with Crippen molar-refractivity contribution in [1.82, 2.24) is 15.3 Å². The third-order valence-corrected chi connectivity index (χ3v) is 3.17. The Labute approximate surface area is 142 Å². The van der Waals surface area contributed by atoms with Crippen molar-refractivity contribution in [1.29, 1.82) is 0 Å². The summed E-state index contributed by atoms with van der Waals surface area (Å²) in [6.07, 6.45) is 1.76. The van der Waals surface area contributed by atoms with Crippen LogP contribution in [0.5, 0.6) is 6.01 Å². The molecule has 0 fully saturated rings. The van der Waals surface area contributed by atoms with Gasteiger partial charge in [0.2, 0.25) is 0 Å². The molecule has 0 bridgehead atoms. The number of ether oxygens (including phenoxy) is 1. The van der Waals surface area contributed by atoms with Gasteiger partial charge in [0.25, 0.3) is 0 Å². The average molecular weight is 328 g/mol.